The molecule has 0 radical (unpaired) electrons. The maximum Gasteiger partial charge on any atom is 0.0585 e. The highest BCUT2D eigenvalue weighted by atomic mass is 16.3. The van der Waals surface area contributed by atoms with Crippen LogP contribution in [-0.2, 0) is 0 Å². The van der Waals surface area contributed by atoms with Crippen molar-refractivity contribution in [3.05, 3.63) is 0 Å². The second-order valence-electron chi connectivity index (χ2n) is 4.82. The molecule has 0 aromatic heterocycles. The van der Waals surface area contributed by atoms with Gasteiger partial charge in [0.25, 0.3) is 0 Å². The quantitative estimate of drug-likeness (QED) is 0.695. The fourth-order valence-corrected chi connectivity index (χ4v) is 2.68. The lowest BCUT2D eigenvalue weighted by Crippen LogP contribution is -2.43. The van der Waals surface area contributed by atoms with Crippen LogP contribution in [0.5, 0.6) is 0 Å². The third-order valence-corrected chi connectivity index (χ3v) is 3.70. The average Bonchev–Trinajstić information content (AvgIpc) is 2.34. The number of hydrogen-bond acceptors (Lipinski definition) is 3. The Kier molecular flexibility index (Phi) is 7.01. The summed E-state index contributed by atoms with van der Waals surface area (Å²) >= 11 is 0. The summed E-state index contributed by atoms with van der Waals surface area (Å²) < 4.78 is 0. The summed E-state index contributed by atoms with van der Waals surface area (Å²) in [6.45, 7) is 7.98. The van der Waals surface area contributed by atoms with Crippen LogP contribution < -0.4 is 5.32 Å². The summed E-state index contributed by atoms with van der Waals surface area (Å²) in [5.74, 6) is 0. The number of aliphatic hydroxyl groups is 1. The van der Waals surface area contributed by atoms with E-state index in [1.807, 2.05) is 0 Å². The van der Waals surface area contributed by atoms with E-state index in [9.17, 15) is 5.11 Å². The van der Waals surface area contributed by atoms with Gasteiger partial charge in [-0.2, -0.15) is 0 Å². The molecule has 3 nitrogen and oxygen atoms in total. The number of piperidine rings is 1. The Labute approximate surface area is 100 Å². The normalized spacial score (nSPS) is 24.6. The first kappa shape index (κ1) is 13.9. The van der Waals surface area contributed by atoms with Crippen LogP contribution in [-0.4, -0.2) is 48.3 Å². The van der Waals surface area contributed by atoms with Gasteiger partial charge < -0.3 is 15.3 Å². The van der Waals surface area contributed by atoms with Crippen molar-refractivity contribution in [2.24, 2.45) is 0 Å². The van der Waals surface area contributed by atoms with Crippen LogP contribution in [0.15, 0.2) is 0 Å². The largest absolute Gasteiger partial charge is 0.395 e. The number of hydrogen-bond donors (Lipinski definition) is 2. The van der Waals surface area contributed by atoms with Crippen molar-refractivity contribution in [1.82, 2.24) is 10.2 Å². The fourth-order valence-electron chi connectivity index (χ4n) is 2.68. The first-order valence-corrected chi connectivity index (χ1v) is 6.90. The molecule has 1 fully saturated rings. The van der Waals surface area contributed by atoms with Crippen molar-refractivity contribution in [1.29, 1.82) is 0 Å². The third kappa shape index (κ3) is 4.40. The van der Waals surface area contributed by atoms with Crippen molar-refractivity contribution in [2.45, 2.75) is 58.0 Å². The topological polar surface area (TPSA) is 35.5 Å². The SMILES string of the molecule is CCNC(CO)CCN1CCCCC1CC. The first-order chi connectivity index (χ1) is 7.81. The molecule has 2 atom stereocenters. The Morgan fingerprint density at radius 1 is 1.38 bits per heavy atom. The highest BCUT2D eigenvalue weighted by Crippen LogP contribution is 2.19. The van der Waals surface area contributed by atoms with Crippen LogP contribution in [0.3, 0.4) is 0 Å². The van der Waals surface area contributed by atoms with E-state index in [2.05, 4.69) is 24.1 Å². The van der Waals surface area contributed by atoms with Crippen molar-refractivity contribution in [3.63, 3.8) is 0 Å². The van der Waals surface area contributed by atoms with Gasteiger partial charge in [0.05, 0.1) is 6.61 Å². The van der Waals surface area contributed by atoms with Crippen LogP contribution in [0.25, 0.3) is 0 Å². The minimum Gasteiger partial charge on any atom is -0.395 e. The summed E-state index contributed by atoms with van der Waals surface area (Å²) in [6.07, 6.45) is 6.44. The molecule has 0 amide bonds. The maximum atomic E-state index is 9.23. The third-order valence-electron chi connectivity index (χ3n) is 3.70. The van der Waals surface area contributed by atoms with Gasteiger partial charge in [-0.05, 0) is 45.3 Å². The summed E-state index contributed by atoms with van der Waals surface area (Å²) in [5, 5.41) is 12.6. The van der Waals surface area contributed by atoms with E-state index in [-0.39, 0.29) is 12.6 Å². The zero-order valence-electron chi connectivity index (χ0n) is 10.9. The minimum absolute atomic E-state index is 0.262. The lowest BCUT2D eigenvalue weighted by molar-refractivity contribution is 0.130. The molecular weight excluding hydrogens is 200 g/mol. The Morgan fingerprint density at radius 2 is 2.19 bits per heavy atom. The Bertz CT molecular complexity index is 175. The molecule has 3 heteroatoms. The van der Waals surface area contributed by atoms with Crippen LogP contribution in [0.1, 0.15) is 46.0 Å². The zero-order chi connectivity index (χ0) is 11.8. The molecule has 1 saturated heterocycles. The molecule has 1 aliphatic rings. The highest BCUT2D eigenvalue weighted by Gasteiger charge is 2.21. The van der Waals surface area contributed by atoms with E-state index >= 15 is 0 Å². The van der Waals surface area contributed by atoms with Crippen LogP contribution >= 0.6 is 0 Å². The molecule has 1 heterocycles. The molecule has 2 N–H and O–H groups in total. The Hall–Kier alpha value is -0.120. The monoisotopic (exact) mass is 228 g/mol. The van der Waals surface area contributed by atoms with Gasteiger partial charge in [-0.25, -0.2) is 0 Å². The number of aliphatic hydroxyl groups excluding tert-OH is 1. The summed E-state index contributed by atoms with van der Waals surface area (Å²) in [7, 11) is 0. The average molecular weight is 228 g/mol. The number of likely N-dealkylation sites (tertiary alicyclic amines) is 1. The van der Waals surface area contributed by atoms with Gasteiger partial charge in [0.15, 0.2) is 0 Å². The van der Waals surface area contributed by atoms with Crippen LogP contribution in [0.2, 0.25) is 0 Å². The molecule has 96 valence electrons. The molecule has 0 aromatic rings. The molecular formula is C13H28N2O. The highest BCUT2D eigenvalue weighted by molar-refractivity contribution is 4.77. The van der Waals surface area contributed by atoms with E-state index < -0.39 is 0 Å². The lowest BCUT2D eigenvalue weighted by atomic mass is 9.99. The van der Waals surface area contributed by atoms with E-state index in [0.29, 0.717) is 0 Å². The first-order valence-electron chi connectivity index (χ1n) is 6.90. The molecule has 0 spiro atoms. The van der Waals surface area contributed by atoms with Gasteiger partial charge in [0, 0.05) is 12.1 Å². The van der Waals surface area contributed by atoms with Crippen LogP contribution in [0, 0.1) is 0 Å². The summed E-state index contributed by atoms with van der Waals surface area (Å²) in [6, 6.07) is 1.07. The van der Waals surface area contributed by atoms with Gasteiger partial charge in [0.2, 0.25) is 0 Å². The molecule has 0 saturated carbocycles. The number of nitrogens with one attached hydrogen (secondary N) is 1. The van der Waals surface area contributed by atoms with E-state index in [0.717, 1.165) is 25.6 Å². The zero-order valence-corrected chi connectivity index (χ0v) is 10.9. The van der Waals surface area contributed by atoms with E-state index in [1.165, 1.54) is 32.2 Å². The smallest absolute Gasteiger partial charge is 0.0585 e. The van der Waals surface area contributed by atoms with Crippen molar-refractivity contribution >= 4 is 0 Å². The molecule has 0 aromatic carbocycles. The standard InChI is InChI=1S/C13H28N2O/c1-3-13-7-5-6-9-15(13)10-8-12(11-16)14-4-2/h12-14,16H,3-11H2,1-2H3. The summed E-state index contributed by atoms with van der Waals surface area (Å²) in [4.78, 5) is 2.61. The number of rotatable bonds is 7. The fraction of sp³-hybridized carbons (Fsp3) is 1.00. The van der Waals surface area contributed by atoms with Crippen molar-refractivity contribution < 1.29 is 5.11 Å². The van der Waals surface area contributed by atoms with Gasteiger partial charge in [-0.1, -0.05) is 20.3 Å². The molecule has 0 bridgehead atoms. The van der Waals surface area contributed by atoms with Gasteiger partial charge >= 0.3 is 0 Å². The van der Waals surface area contributed by atoms with Crippen LogP contribution in [0.4, 0.5) is 0 Å². The number of nitrogens with zero attached hydrogens (tertiary/aromatic N) is 1. The van der Waals surface area contributed by atoms with E-state index in [1.54, 1.807) is 0 Å². The summed E-state index contributed by atoms with van der Waals surface area (Å²) in [5.41, 5.74) is 0. The minimum atomic E-state index is 0.262. The van der Waals surface area contributed by atoms with Crippen molar-refractivity contribution in [3.8, 4) is 0 Å². The maximum absolute atomic E-state index is 9.23. The Morgan fingerprint density at radius 3 is 2.81 bits per heavy atom. The van der Waals surface area contributed by atoms with E-state index in [4.69, 9.17) is 0 Å². The molecule has 16 heavy (non-hydrogen) atoms. The second-order valence-corrected chi connectivity index (χ2v) is 4.82. The molecule has 2 unspecified atom stereocenters. The number of likely N-dealkylation sites (N-methyl/N-ethyl adjacent to an activating group) is 1. The predicted octanol–water partition coefficient (Wildman–Crippen LogP) is 1.61. The van der Waals surface area contributed by atoms with Gasteiger partial charge in [0.1, 0.15) is 0 Å². The van der Waals surface area contributed by atoms with Gasteiger partial charge in [-0.15, -0.1) is 0 Å². The Balaban J connectivity index is 2.28. The molecule has 1 rings (SSSR count). The molecule has 0 aliphatic carbocycles. The predicted molar refractivity (Wildman–Crippen MR) is 68.7 cm³/mol. The molecule has 1 aliphatic heterocycles. The lowest BCUT2D eigenvalue weighted by Gasteiger charge is -2.36. The van der Waals surface area contributed by atoms with Crippen molar-refractivity contribution in [2.75, 3.05) is 26.2 Å². The second kappa shape index (κ2) is 8.04. The van der Waals surface area contributed by atoms with Gasteiger partial charge in [-0.3, -0.25) is 0 Å².